The van der Waals surface area contributed by atoms with Crippen LogP contribution in [0.2, 0.25) is 5.15 Å². The van der Waals surface area contributed by atoms with Gasteiger partial charge in [-0.1, -0.05) is 63.6 Å². The Kier molecular flexibility index (Phi) is 11.5. The minimum Gasteiger partial charge on any atom is -0.496 e. The van der Waals surface area contributed by atoms with Crippen molar-refractivity contribution in [3.05, 3.63) is 70.8 Å². The number of aryl methyl sites for hydroxylation is 2. The molecule has 11 heteroatoms. The van der Waals surface area contributed by atoms with Gasteiger partial charge >= 0.3 is 0 Å². The van der Waals surface area contributed by atoms with Crippen molar-refractivity contribution in [3.63, 3.8) is 0 Å². The molecule has 0 aliphatic carbocycles. The summed E-state index contributed by atoms with van der Waals surface area (Å²) in [5, 5.41) is -0.164. The van der Waals surface area contributed by atoms with E-state index in [1.54, 1.807) is 43.0 Å². The Morgan fingerprint density at radius 3 is 2.26 bits per heavy atom. The van der Waals surface area contributed by atoms with Crippen molar-refractivity contribution in [2.45, 2.75) is 52.7 Å². The average molecular weight is 561 g/mol. The molecular formula is C27H37ClN6O3S. The summed E-state index contributed by atoms with van der Waals surface area (Å²) in [7, 11) is 1.31. The van der Waals surface area contributed by atoms with E-state index >= 15 is 0 Å². The molecule has 2 aromatic carbocycles. The van der Waals surface area contributed by atoms with Crippen LogP contribution >= 0.6 is 11.6 Å². The minimum absolute atomic E-state index is 0.0368. The number of nitrogens with zero attached hydrogens (tertiary/aromatic N) is 5. The molecule has 0 unspecified atom stereocenters. The topological polar surface area (TPSA) is 102 Å². The van der Waals surface area contributed by atoms with Crippen molar-refractivity contribution in [1.29, 1.82) is 0 Å². The first-order valence-electron chi connectivity index (χ1n) is 12.5. The van der Waals surface area contributed by atoms with Crippen molar-refractivity contribution in [1.82, 2.24) is 24.4 Å². The number of imidazole rings is 1. The smallest absolute Gasteiger partial charge is 0.282 e. The van der Waals surface area contributed by atoms with Crippen LogP contribution in [0, 0.1) is 6.92 Å². The van der Waals surface area contributed by atoms with Crippen LogP contribution in [0.25, 0.3) is 11.0 Å². The lowest BCUT2D eigenvalue weighted by atomic mass is 10.1. The minimum atomic E-state index is -4.02. The summed E-state index contributed by atoms with van der Waals surface area (Å²) in [5.41, 5.74) is 3.25. The van der Waals surface area contributed by atoms with Crippen LogP contribution in [0.1, 0.15) is 44.6 Å². The fourth-order valence-electron chi connectivity index (χ4n) is 3.55. The number of benzene rings is 2. The first-order valence-corrected chi connectivity index (χ1v) is 14.3. The molecule has 2 heterocycles. The zero-order chi connectivity index (χ0) is 28.5. The largest absolute Gasteiger partial charge is 0.496 e. The maximum atomic E-state index is 13.0. The summed E-state index contributed by atoms with van der Waals surface area (Å²) in [5.74, 6) is 1.35. The molecule has 0 saturated carbocycles. The molecule has 0 atom stereocenters. The number of hydrogen-bond acceptors (Lipinski definition) is 7. The maximum absolute atomic E-state index is 13.0. The van der Waals surface area contributed by atoms with Crippen LogP contribution < -0.4 is 9.46 Å². The van der Waals surface area contributed by atoms with Gasteiger partial charge in [0.2, 0.25) is 0 Å². The predicted molar refractivity (Wildman–Crippen MR) is 154 cm³/mol. The Morgan fingerprint density at radius 1 is 1.00 bits per heavy atom. The summed E-state index contributed by atoms with van der Waals surface area (Å²) in [6.45, 7) is 11.1. The molecule has 0 amide bonds. The molecule has 0 aliphatic rings. The fourth-order valence-corrected chi connectivity index (χ4v) is 4.81. The Labute approximate surface area is 230 Å². The third-order valence-electron chi connectivity index (χ3n) is 5.28. The van der Waals surface area contributed by atoms with E-state index in [0.717, 1.165) is 16.9 Å². The number of halogens is 1. The van der Waals surface area contributed by atoms with Gasteiger partial charge in [-0.3, -0.25) is 9.62 Å². The van der Waals surface area contributed by atoms with Gasteiger partial charge in [-0.2, -0.15) is 8.42 Å². The van der Waals surface area contributed by atoms with Gasteiger partial charge in [0, 0.05) is 25.4 Å². The number of ether oxygens (including phenoxy) is 1. The normalized spacial score (nSPS) is 10.9. The molecule has 0 saturated heterocycles. The van der Waals surface area contributed by atoms with Crippen molar-refractivity contribution in [2.24, 2.45) is 7.05 Å². The van der Waals surface area contributed by atoms with E-state index in [-0.39, 0.29) is 16.0 Å². The van der Waals surface area contributed by atoms with Crippen LogP contribution in [-0.4, -0.2) is 47.0 Å². The summed E-state index contributed by atoms with van der Waals surface area (Å²) in [6.07, 6.45) is 1.46. The molecule has 0 spiro atoms. The van der Waals surface area contributed by atoms with Gasteiger partial charge in [-0.25, -0.2) is 15.0 Å². The first-order chi connectivity index (χ1) is 18.2. The lowest BCUT2D eigenvalue weighted by Crippen LogP contribution is -2.20. The van der Waals surface area contributed by atoms with Crippen LogP contribution in [-0.2, 0) is 30.2 Å². The lowest BCUT2D eigenvalue weighted by Gasteiger charge is -2.18. The van der Waals surface area contributed by atoms with Crippen LogP contribution in [0.3, 0.4) is 0 Å². The molecule has 9 nitrogen and oxygen atoms in total. The number of hydrogen-bond donors (Lipinski definition) is 1. The monoisotopic (exact) mass is 560 g/mol. The molecular weight excluding hydrogens is 524 g/mol. The number of aromatic nitrogens is 4. The van der Waals surface area contributed by atoms with Gasteiger partial charge in [0.05, 0.1) is 24.7 Å². The third kappa shape index (κ3) is 7.66. The molecule has 2 aromatic heterocycles. The van der Waals surface area contributed by atoms with Gasteiger partial charge in [0.15, 0.2) is 16.0 Å². The molecule has 38 heavy (non-hydrogen) atoms. The number of sulfonamides is 1. The number of nitrogens with one attached hydrogen (secondary N) is 1. The lowest BCUT2D eigenvalue weighted by molar-refractivity contribution is 0.299. The van der Waals surface area contributed by atoms with E-state index in [1.807, 2.05) is 64.8 Å². The zero-order valence-electron chi connectivity index (χ0n) is 23.3. The highest BCUT2D eigenvalue weighted by atomic mass is 35.5. The van der Waals surface area contributed by atoms with E-state index in [4.69, 9.17) is 16.3 Å². The summed E-state index contributed by atoms with van der Waals surface area (Å²) >= 11 is 6.17. The quantitative estimate of drug-likeness (QED) is 0.290. The highest BCUT2D eigenvalue weighted by Crippen LogP contribution is 2.25. The van der Waals surface area contributed by atoms with Gasteiger partial charge in [0.25, 0.3) is 10.0 Å². The maximum Gasteiger partial charge on any atom is 0.282 e. The van der Waals surface area contributed by atoms with Crippen molar-refractivity contribution in [3.8, 4) is 5.75 Å². The standard InChI is InChI=1S/C23H25ClN6O3S.2C2H6/c1-15-9-10-16(19(11-15)33-4)12-29(2)13-20-27-21(14-30(20)3)34(31,32)28-23-22(24)25-17-7-5-6-8-18(17)26-23;2*1-2/h5-11,14H,12-13H2,1-4H3,(H,26,28);2*1-2H3. The first kappa shape index (κ1) is 31.0. The number of methoxy groups -OCH3 is 1. The second kappa shape index (κ2) is 14.1. The molecule has 1 N–H and O–H groups in total. The van der Waals surface area contributed by atoms with Crippen molar-refractivity contribution < 1.29 is 13.2 Å². The molecule has 0 radical (unpaired) electrons. The number of para-hydroxylation sites is 2. The Morgan fingerprint density at radius 2 is 1.63 bits per heavy atom. The van der Waals surface area contributed by atoms with E-state index in [2.05, 4.69) is 19.7 Å². The molecule has 206 valence electrons. The summed E-state index contributed by atoms with van der Waals surface area (Å²) in [6, 6.07) is 13.1. The highest BCUT2D eigenvalue weighted by molar-refractivity contribution is 7.92. The van der Waals surface area contributed by atoms with Crippen molar-refractivity contribution in [2.75, 3.05) is 18.9 Å². The van der Waals surface area contributed by atoms with E-state index in [0.29, 0.717) is 29.9 Å². The third-order valence-corrected chi connectivity index (χ3v) is 6.75. The average Bonchev–Trinajstić information content (AvgIpc) is 3.28. The van der Waals surface area contributed by atoms with Crippen LogP contribution in [0.15, 0.2) is 53.7 Å². The zero-order valence-corrected chi connectivity index (χ0v) is 24.9. The van der Waals surface area contributed by atoms with Gasteiger partial charge in [-0.15, -0.1) is 0 Å². The molecule has 4 aromatic rings. The number of anilines is 1. The number of fused-ring (bicyclic) bond motifs is 1. The SMILES string of the molecule is CC.CC.COc1cc(C)ccc1CN(C)Cc1nc(S(=O)(=O)Nc2nc3ccccc3nc2Cl)cn1C. The van der Waals surface area contributed by atoms with Gasteiger partial charge in [-0.05, 0) is 37.7 Å². The van der Waals surface area contributed by atoms with E-state index in [9.17, 15) is 8.42 Å². The highest BCUT2D eigenvalue weighted by Gasteiger charge is 2.23. The molecule has 4 rings (SSSR count). The Bertz CT molecular complexity index is 1460. The molecule has 0 bridgehead atoms. The van der Waals surface area contributed by atoms with Gasteiger partial charge < -0.3 is 9.30 Å². The fraction of sp³-hybridized carbons (Fsp3) is 0.370. The van der Waals surface area contributed by atoms with E-state index < -0.39 is 10.0 Å². The second-order valence-electron chi connectivity index (χ2n) is 8.05. The molecule has 0 fully saturated rings. The summed E-state index contributed by atoms with van der Waals surface area (Å²) < 4.78 is 35.6. The Balaban J connectivity index is 0.00000121. The van der Waals surface area contributed by atoms with Crippen molar-refractivity contribution >= 4 is 38.5 Å². The second-order valence-corrected chi connectivity index (χ2v) is 10.0. The van der Waals surface area contributed by atoms with Gasteiger partial charge in [0.1, 0.15) is 11.6 Å². The molecule has 0 aliphatic heterocycles. The summed E-state index contributed by atoms with van der Waals surface area (Å²) in [4.78, 5) is 14.9. The number of rotatable bonds is 8. The van der Waals surface area contributed by atoms with Crippen LogP contribution in [0.4, 0.5) is 5.82 Å². The Hall–Kier alpha value is -3.21. The predicted octanol–water partition coefficient (Wildman–Crippen LogP) is 5.82. The van der Waals surface area contributed by atoms with Crippen LogP contribution in [0.5, 0.6) is 5.75 Å². The van der Waals surface area contributed by atoms with E-state index in [1.165, 1.54) is 6.20 Å².